The first-order valence-electron chi connectivity index (χ1n) is 7.54. The number of aliphatic carboxylic acids is 1. The standard InChI is InChI=1S/C18H17NO4S/c20-18(21)12-15-13-19(17-9-5-4-8-16(15)17)24(22,23)11-10-14-6-2-1-3-7-14/h1-11,15H,12-13H2,(H,20,21)/b11-10+/t15-/m1/s1. The molecule has 0 radical (unpaired) electrons. The molecule has 0 spiro atoms. The second-order valence-corrected chi connectivity index (χ2v) is 7.39. The Hall–Kier alpha value is -2.60. The molecule has 0 aliphatic carbocycles. The first-order valence-corrected chi connectivity index (χ1v) is 9.04. The van der Waals surface area contributed by atoms with Crippen LogP contribution in [0.1, 0.15) is 23.5 Å². The van der Waals surface area contributed by atoms with E-state index >= 15 is 0 Å². The molecule has 2 aromatic carbocycles. The summed E-state index contributed by atoms with van der Waals surface area (Å²) in [4.78, 5) is 11.1. The molecule has 24 heavy (non-hydrogen) atoms. The van der Waals surface area contributed by atoms with Gasteiger partial charge in [-0.2, -0.15) is 0 Å². The van der Waals surface area contributed by atoms with E-state index in [4.69, 9.17) is 5.11 Å². The normalized spacial score (nSPS) is 17.2. The number of rotatable bonds is 5. The summed E-state index contributed by atoms with van der Waals surface area (Å²) in [6.07, 6.45) is 1.45. The molecule has 6 heteroatoms. The van der Waals surface area contributed by atoms with E-state index in [9.17, 15) is 13.2 Å². The fourth-order valence-corrected chi connectivity index (χ4v) is 4.19. The van der Waals surface area contributed by atoms with Crippen molar-refractivity contribution in [3.63, 3.8) is 0 Å². The zero-order chi connectivity index (χ0) is 17.2. The molecular formula is C18H17NO4S. The topological polar surface area (TPSA) is 74.7 Å². The number of hydrogen-bond donors (Lipinski definition) is 1. The van der Waals surface area contributed by atoms with Crippen LogP contribution >= 0.6 is 0 Å². The van der Waals surface area contributed by atoms with E-state index in [0.717, 1.165) is 11.1 Å². The predicted molar refractivity (Wildman–Crippen MR) is 93.2 cm³/mol. The van der Waals surface area contributed by atoms with Gasteiger partial charge < -0.3 is 5.11 Å². The van der Waals surface area contributed by atoms with E-state index in [1.165, 1.54) is 9.71 Å². The average Bonchev–Trinajstić information content (AvgIpc) is 2.93. The molecule has 3 rings (SSSR count). The van der Waals surface area contributed by atoms with Crippen molar-refractivity contribution in [2.45, 2.75) is 12.3 Å². The third-order valence-corrected chi connectivity index (χ3v) is 5.43. The van der Waals surface area contributed by atoms with Gasteiger partial charge >= 0.3 is 5.97 Å². The van der Waals surface area contributed by atoms with Crippen LogP contribution in [0.2, 0.25) is 0 Å². The number of benzene rings is 2. The van der Waals surface area contributed by atoms with Crippen LogP contribution in [0, 0.1) is 0 Å². The SMILES string of the molecule is O=C(O)C[C@@H]1CN(S(=O)(=O)/C=C/c2ccccc2)c2ccccc21. The number of nitrogens with zero attached hydrogens (tertiary/aromatic N) is 1. The molecule has 0 amide bonds. The van der Waals surface area contributed by atoms with Crippen LogP contribution < -0.4 is 4.31 Å². The largest absolute Gasteiger partial charge is 0.481 e. The maximum absolute atomic E-state index is 12.7. The Morgan fingerprint density at radius 3 is 2.50 bits per heavy atom. The van der Waals surface area contributed by atoms with Crippen molar-refractivity contribution in [1.82, 2.24) is 0 Å². The van der Waals surface area contributed by atoms with Crippen LogP contribution in [0.4, 0.5) is 5.69 Å². The van der Waals surface area contributed by atoms with E-state index < -0.39 is 16.0 Å². The van der Waals surface area contributed by atoms with E-state index in [0.29, 0.717) is 5.69 Å². The molecule has 1 aliphatic heterocycles. The van der Waals surface area contributed by atoms with Crippen LogP contribution in [-0.2, 0) is 14.8 Å². The smallest absolute Gasteiger partial charge is 0.304 e. The summed E-state index contributed by atoms with van der Waals surface area (Å²) in [6, 6.07) is 16.2. The Kier molecular flexibility index (Phi) is 4.40. The van der Waals surface area contributed by atoms with Crippen LogP contribution in [0.25, 0.3) is 6.08 Å². The lowest BCUT2D eigenvalue weighted by Crippen LogP contribution is -2.28. The number of anilines is 1. The molecule has 5 nitrogen and oxygen atoms in total. The van der Waals surface area contributed by atoms with Gasteiger partial charge in [0.25, 0.3) is 10.0 Å². The number of para-hydroxylation sites is 1. The van der Waals surface area contributed by atoms with Gasteiger partial charge in [0.05, 0.1) is 17.5 Å². The number of carboxylic acid groups (broad SMARTS) is 1. The van der Waals surface area contributed by atoms with Crippen LogP contribution in [0.3, 0.4) is 0 Å². The van der Waals surface area contributed by atoms with Crippen LogP contribution in [-0.4, -0.2) is 26.0 Å². The molecule has 0 aromatic heterocycles. The lowest BCUT2D eigenvalue weighted by Gasteiger charge is -2.17. The average molecular weight is 343 g/mol. The molecule has 0 unspecified atom stereocenters. The molecule has 1 heterocycles. The summed E-state index contributed by atoms with van der Waals surface area (Å²) < 4.78 is 26.7. The van der Waals surface area contributed by atoms with E-state index in [1.54, 1.807) is 30.3 Å². The summed E-state index contributed by atoms with van der Waals surface area (Å²) >= 11 is 0. The predicted octanol–water partition coefficient (Wildman–Crippen LogP) is 3.07. The highest BCUT2D eigenvalue weighted by Gasteiger charge is 2.35. The van der Waals surface area contributed by atoms with Gasteiger partial charge in [0.1, 0.15) is 0 Å². The van der Waals surface area contributed by atoms with Gasteiger partial charge in [-0.25, -0.2) is 8.42 Å². The number of sulfonamides is 1. The molecule has 1 atom stereocenters. The third-order valence-electron chi connectivity index (χ3n) is 3.99. The van der Waals surface area contributed by atoms with Gasteiger partial charge in [0, 0.05) is 12.5 Å². The minimum absolute atomic E-state index is 0.0918. The summed E-state index contributed by atoms with van der Waals surface area (Å²) in [6.45, 7) is 0.146. The Morgan fingerprint density at radius 2 is 1.79 bits per heavy atom. The monoisotopic (exact) mass is 343 g/mol. The van der Waals surface area contributed by atoms with Crippen molar-refractivity contribution in [1.29, 1.82) is 0 Å². The Labute approximate surface area is 140 Å². The summed E-state index contributed by atoms with van der Waals surface area (Å²) in [7, 11) is -3.68. The zero-order valence-corrected chi connectivity index (χ0v) is 13.7. The van der Waals surface area contributed by atoms with Gasteiger partial charge in [0.15, 0.2) is 0 Å². The van der Waals surface area contributed by atoms with Crippen molar-refractivity contribution >= 4 is 27.8 Å². The molecule has 2 aromatic rings. The molecule has 1 aliphatic rings. The lowest BCUT2D eigenvalue weighted by atomic mass is 9.98. The first-order chi connectivity index (χ1) is 11.5. The van der Waals surface area contributed by atoms with Gasteiger partial charge in [0.2, 0.25) is 0 Å². The third kappa shape index (κ3) is 3.33. The summed E-state index contributed by atoms with van der Waals surface area (Å²) in [5.74, 6) is -1.27. The van der Waals surface area contributed by atoms with Crippen molar-refractivity contribution in [3.05, 3.63) is 71.1 Å². The minimum Gasteiger partial charge on any atom is -0.481 e. The number of hydrogen-bond acceptors (Lipinski definition) is 3. The lowest BCUT2D eigenvalue weighted by molar-refractivity contribution is -0.137. The van der Waals surface area contributed by atoms with Gasteiger partial charge in [-0.05, 0) is 23.3 Å². The molecule has 124 valence electrons. The van der Waals surface area contributed by atoms with E-state index in [1.807, 2.05) is 30.3 Å². The first kappa shape index (κ1) is 16.3. The van der Waals surface area contributed by atoms with Gasteiger partial charge in [-0.3, -0.25) is 9.10 Å². The van der Waals surface area contributed by atoms with E-state index in [-0.39, 0.29) is 18.9 Å². The quantitative estimate of drug-likeness (QED) is 0.905. The maximum Gasteiger partial charge on any atom is 0.304 e. The number of carboxylic acids is 1. The molecule has 0 saturated carbocycles. The number of fused-ring (bicyclic) bond motifs is 1. The van der Waals surface area contributed by atoms with Crippen LogP contribution in [0.5, 0.6) is 0 Å². The molecule has 1 N–H and O–H groups in total. The van der Waals surface area contributed by atoms with Crippen molar-refractivity contribution in [2.24, 2.45) is 0 Å². The molecule has 0 bridgehead atoms. The Morgan fingerprint density at radius 1 is 1.12 bits per heavy atom. The second-order valence-electron chi connectivity index (χ2n) is 5.64. The minimum atomic E-state index is -3.68. The highest BCUT2D eigenvalue weighted by molar-refractivity contribution is 7.95. The fourth-order valence-electron chi connectivity index (χ4n) is 2.89. The molecular weight excluding hydrogens is 326 g/mol. The molecule has 0 fully saturated rings. The van der Waals surface area contributed by atoms with E-state index in [2.05, 4.69) is 0 Å². The highest BCUT2D eigenvalue weighted by Crippen LogP contribution is 2.39. The van der Waals surface area contributed by atoms with Gasteiger partial charge in [-0.1, -0.05) is 48.5 Å². The van der Waals surface area contributed by atoms with Crippen molar-refractivity contribution in [2.75, 3.05) is 10.8 Å². The Balaban J connectivity index is 1.91. The maximum atomic E-state index is 12.7. The van der Waals surface area contributed by atoms with Gasteiger partial charge in [-0.15, -0.1) is 0 Å². The summed E-state index contributed by atoms with van der Waals surface area (Å²) in [5.41, 5.74) is 2.11. The van der Waals surface area contributed by atoms with Crippen LogP contribution in [0.15, 0.2) is 60.0 Å². The molecule has 0 saturated heterocycles. The second kappa shape index (κ2) is 6.49. The summed E-state index contributed by atoms with van der Waals surface area (Å²) in [5, 5.41) is 10.2. The zero-order valence-electron chi connectivity index (χ0n) is 12.9. The number of carbonyl (C=O) groups is 1. The Bertz CT molecular complexity index is 875. The highest BCUT2D eigenvalue weighted by atomic mass is 32.2. The van der Waals surface area contributed by atoms with Crippen molar-refractivity contribution < 1.29 is 18.3 Å². The fraction of sp³-hybridized carbons (Fsp3) is 0.167. The van der Waals surface area contributed by atoms with Crippen molar-refractivity contribution in [3.8, 4) is 0 Å².